The first-order valence-electron chi connectivity index (χ1n) is 5.64. The molecule has 0 radical (unpaired) electrons. The van der Waals surface area contributed by atoms with Crippen LogP contribution >= 0.6 is 34.8 Å². The Morgan fingerprint density at radius 1 is 1.12 bits per heavy atom. The number of rotatable bonds is 7. The summed E-state index contributed by atoms with van der Waals surface area (Å²) >= 11 is 18.1. The molecule has 0 heterocycles. The van der Waals surface area contributed by atoms with Crippen molar-refractivity contribution in [3.05, 3.63) is 34.9 Å². The van der Waals surface area contributed by atoms with Crippen molar-refractivity contribution in [3.63, 3.8) is 0 Å². The maximum atomic E-state index is 6.10. The van der Waals surface area contributed by atoms with E-state index in [9.17, 15) is 0 Å². The number of benzene rings is 1. The molecule has 0 aliphatic heterocycles. The molecule has 1 aromatic rings. The zero-order valence-electron chi connectivity index (χ0n) is 9.89. The maximum Gasteiger partial charge on any atom is 0.0475 e. The first-order chi connectivity index (χ1) is 8.18. The first-order valence-corrected chi connectivity index (χ1v) is 7.09. The Morgan fingerprint density at radius 3 is 2.18 bits per heavy atom. The molecular weight excluding hydrogens is 279 g/mol. The topological polar surface area (TPSA) is 9.23 Å². The van der Waals surface area contributed by atoms with Gasteiger partial charge in [-0.05, 0) is 31.0 Å². The molecule has 1 aromatic carbocycles. The molecule has 0 spiro atoms. The highest BCUT2D eigenvalue weighted by molar-refractivity contribution is 6.30. The lowest BCUT2D eigenvalue weighted by Gasteiger charge is -2.30. The average molecular weight is 296 g/mol. The molecule has 0 saturated carbocycles. The van der Waals surface area contributed by atoms with Gasteiger partial charge in [0, 0.05) is 35.4 Å². The van der Waals surface area contributed by atoms with Crippen molar-refractivity contribution in [2.75, 3.05) is 25.0 Å². The molecule has 17 heavy (non-hydrogen) atoms. The molecule has 0 saturated heterocycles. The zero-order valence-corrected chi connectivity index (χ0v) is 12.2. The Hall–Kier alpha value is 0.0500. The van der Waals surface area contributed by atoms with Crippen molar-refractivity contribution < 1.29 is 4.74 Å². The fourth-order valence-electron chi connectivity index (χ4n) is 1.68. The van der Waals surface area contributed by atoms with Gasteiger partial charge in [-0.25, -0.2) is 0 Å². The third kappa shape index (κ3) is 4.03. The molecule has 1 rings (SSSR count). The van der Waals surface area contributed by atoms with Crippen LogP contribution in [-0.4, -0.2) is 25.0 Å². The number of hydrogen-bond acceptors (Lipinski definition) is 1. The minimum absolute atomic E-state index is 0.233. The van der Waals surface area contributed by atoms with E-state index in [-0.39, 0.29) is 5.41 Å². The van der Waals surface area contributed by atoms with Crippen molar-refractivity contribution in [1.29, 1.82) is 0 Å². The molecule has 1 nitrogen and oxygen atoms in total. The third-order valence-corrected chi connectivity index (χ3v) is 4.17. The van der Waals surface area contributed by atoms with Crippen molar-refractivity contribution in [3.8, 4) is 0 Å². The second kappa shape index (κ2) is 7.48. The Bertz CT molecular complexity index is 320. The van der Waals surface area contributed by atoms with Crippen LogP contribution in [0.4, 0.5) is 0 Å². The monoisotopic (exact) mass is 294 g/mol. The lowest BCUT2D eigenvalue weighted by Crippen LogP contribution is -2.32. The molecule has 0 N–H and O–H groups in total. The predicted molar refractivity (Wildman–Crippen MR) is 75.7 cm³/mol. The highest BCUT2D eigenvalue weighted by atomic mass is 35.5. The highest BCUT2D eigenvalue weighted by Gasteiger charge is 2.30. The van der Waals surface area contributed by atoms with Gasteiger partial charge < -0.3 is 4.74 Å². The molecule has 0 atom stereocenters. The van der Waals surface area contributed by atoms with Gasteiger partial charge in [-0.3, -0.25) is 0 Å². The first kappa shape index (κ1) is 15.1. The van der Waals surface area contributed by atoms with Crippen LogP contribution < -0.4 is 0 Å². The number of hydrogen-bond donors (Lipinski definition) is 0. The van der Waals surface area contributed by atoms with Gasteiger partial charge in [0.15, 0.2) is 0 Å². The van der Waals surface area contributed by atoms with Gasteiger partial charge in [0.25, 0.3) is 0 Å². The summed E-state index contributed by atoms with van der Waals surface area (Å²) in [6.07, 6.45) is 0.815. The highest BCUT2D eigenvalue weighted by Crippen LogP contribution is 2.32. The molecule has 0 bridgehead atoms. The standard InChI is InChI=1S/C13H17Cl3O/c1-2-17-8-7-13(9-14,10-15)11-3-5-12(16)6-4-11/h3-6H,2,7-10H2,1H3. The summed E-state index contributed by atoms with van der Waals surface area (Å²) in [6.45, 7) is 3.35. The van der Waals surface area contributed by atoms with E-state index in [1.807, 2.05) is 31.2 Å². The Morgan fingerprint density at radius 2 is 1.71 bits per heavy atom. The van der Waals surface area contributed by atoms with Crippen LogP contribution in [0.5, 0.6) is 0 Å². The number of halogens is 3. The molecule has 4 heteroatoms. The predicted octanol–water partition coefficient (Wildman–Crippen LogP) is 4.48. The normalized spacial score (nSPS) is 11.8. The van der Waals surface area contributed by atoms with E-state index in [0.29, 0.717) is 25.0 Å². The smallest absolute Gasteiger partial charge is 0.0475 e. The lowest BCUT2D eigenvalue weighted by atomic mass is 9.81. The fraction of sp³-hybridized carbons (Fsp3) is 0.538. The summed E-state index contributed by atoms with van der Waals surface area (Å²) in [4.78, 5) is 0. The van der Waals surface area contributed by atoms with Gasteiger partial charge in [-0.2, -0.15) is 0 Å². The van der Waals surface area contributed by atoms with Crippen LogP contribution in [0.25, 0.3) is 0 Å². The van der Waals surface area contributed by atoms with E-state index in [1.54, 1.807) is 0 Å². The molecule has 0 unspecified atom stereocenters. The molecule has 0 amide bonds. The van der Waals surface area contributed by atoms with Gasteiger partial charge in [0.1, 0.15) is 0 Å². The summed E-state index contributed by atoms with van der Waals surface area (Å²) in [5.41, 5.74) is 0.884. The van der Waals surface area contributed by atoms with Gasteiger partial charge >= 0.3 is 0 Å². The van der Waals surface area contributed by atoms with Crippen LogP contribution in [-0.2, 0) is 10.2 Å². The molecule has 0 fully saturated rings. The van der Waals surface area contributed by atoms with Crippen molar-refractivity contribution in [2.45, 2.75) is 18.8 Å². The molecule has 0 aliphatic rings. The molecule has 96 valence electrons. The summed E-state index contributed by atoms with van der Waals surface area (Å²) in [5, 5.41) is 0.719. The summed E-state index contributed by atoms with van der Waals surface area (Å²) in [5.74, 6) is 0.955. The Labute approximate surface area is 118 Å². The third-order valence-electron chi connectivity index (χ3n) is 2.90. The quantitative estimate of drug-likeness (QED) is 0.532. The van der Waals surface area contributed by atoms with E-state index < -0.39 is 0 Å². The van der Waals surface area contributed by atoms with E-state index in [1.165, 1.54) is 0 Å². The largest absolute Gasteiger partial charge is 0.382 e. The Balaban J connectivity index is 2.85. The van der Waals surface area contributed by atoms with Crippen LogP contribution in [0.3, 0.4) is 0 Å². The number of ether oxygens (including phenoxy) is 1. The molecule has 0 aromatic heterocycles. The second-order valence-corrected chi connectivity index (χ2v) is 4.97. The van der Waals surface area contributed by atoms with Crippen molar-refractivity contribution in [1.82, 2.24) is 0 Å². The second-order valence-electron chi connectivity index (χ2n) is 4.00. The van der Waals surface area contributed by atoms with Gasteiger partial charge in [-0.15, -0.1) is 23.2 Å². The summed E-state index contributed by atoms with van der Waals surface area (Å²) in [7, 11) is 0. The number of alkyl halides is 2. The van der Waals surface area contributed by atoms with Crippen LogP contribution in [0.1, 0.15) is 18.9 Å². The maximum absolute atomic E-state index is 6.10. The minimum atomic E-state index is -0.233. The van der Waals surface area contributed by atoms with Crippen molar-refractivity contribution in [2.24, 2.45) is 0 Å². The van der Waals surface area contributed by atoms with Crippen molar-refractivity contribution >= 4 is 34.8 Å². The molecular formula is C13H17Cl3O. The average Bonchev–Trinajstić information content (AvgIpc) is 2.37. The Kier molecular flexibility index (Phi) is 6.65. The summed E-state index contributed by atoms with van der Waals surface area (Å²) in [6, 6.07) is 7.70. The van der Waals surface area contributed by atoms with Gasteiger partial charge in [-0.1, -0.05) is 23.7 Å². The van der Waals surface area contributed by atoms with Crippen LogP contribution in [0.2, 0.25) is 5.02 Å². The van der Waals surface area contributed by atoms with Gasteiger partial charge in [0.2, 0.25) is 0 Å². The minimum Gasteiger partial charge on any atom is -0.382 e. The summed E-state index contributed by atoms with van der Waals surface area (Å²) < 4.78 is 5.39. The SMILES string of the molecule is CCOCCC(CCl)(CCl)c1ccc(Cl)cc1. The van der Waals surface area contributed by atoms with Crippen LogP contribution in [0, 0.1) is 0 Å². The van der Waals surface area contributed by atoms with E-state index in [4.69, 9.17) is 39.5 Å². The zero-order chi connectivity index (χ0) is 12.7. The van der Waals surface area contributed by atoms with E-state index >= 15 is 0 Å². The fourth-order valence-corrected chi connectivity index (χ4v) is 2.67. The lowest BCUT2D eigenvalue weighted by molar-refractivity contribution is 0.131. The molecule has 0 aliphatic carbocycles. The van der Waals surface area contributed by atoms with E-state index in [0.717, 1.165) is 17.0 Å². The van der Waals surface area contributed by atoms with E-state index in [2.05, 4.69) is 0 Å². The van der Waals surface area contributed by atoms with Crippen LogP contribution in [0.15, 0.2) is 24.3 Å². The van der Waals surface area contributed by atoms with Gasteiger partial charge in [0.05, 0.1) is 0 Å².